The average Bonchev–Trinajstić information content (AvgIpc) is 2.35. The maximum atomic E-state index is 5.72. The molecule has 0 atom stereocenters. The lowest BCUT2D eigenvalue weighted by atomic mass is 10.2. The van der Waals surface area contributed by atoms with Gasteiger partial charge >= 0.3 is 0 Å². The summed E-state index contributed by atoms with van der Waals surface area (Å²) in [5.41, 5.74) is 5.72. The molecular weight excluding hydrogens is 244 g/mol. The van der Waals surface area contributed by atoms with Crippen LogP contribution >= 0.6 is 0 Å². The number of rotatable bonds is 9. The number of hydrogen-bond acceptors (Lipinski definition) is 6. The van der Waals surface area contributed by atoms with Gasteiger partial charge in [0.2, 0.25) is 0 Å². The SMILES string of the molecule is CCOCc1nc(N)cc(NCCOCC(C)C)n1. The van der Waals surface area contributed by atoms with Gasteiger partial charge in [-0.05, 0) is 12.8 Å². The van der Waals surface area contributed by atoms with E-state index < -0.39 is 0 Å². The van der Waals surface area contributed by atoms with Crippen LogP contribution in [0.15, 0.2) is 6.07 Å². The van der Waals surface area contributed by atoms with Crippen molar-refractivity contribution in [3.8, 4) is 0 Å². The summed E-state index contributed by atoms with van der Waals surface area (Å²) in [5, 5.41) is 3.16. The molecule has 0 amide bonds. The molecule has 0 aliphatic carbocycles. The maximum Gasteiger partial charge on any atom is 0.158 e. The van der Waals surface area contributed by atoms with Crippen LogP contribution in [-0.4, -0.2) is 36.3 Å². The molecule has 1 heterocycles. The number of hydrogen-bond donors (Lipinski definition) is 2. The molecule has 108 valence electrons. The van der Waals surface area contributed by atoms with Gasteiger partial charge in [0.15, 0.2) is 5.82 Å². The summed E-state index contributed by atoms with van der Waals surface area (Å²) in [5.74, 6) is 2.28. The molecule has 0 aliphatic rings. The molecule has 0 radical (unpaired) electrons. The minimum absolute atomic E-state index is 0.375. The zero-order chi connectivity index (χ0) is 14.1. The van der Waals surface area contributed by atoms with Crippen molar-refractivity contribution in [1.82, 2.24) is 9.97 Å². The molecule has 0 unspecified atom stereocenters. The molecule has 6 heteroatoms. The van der Waals surface area contributed by atoms with E-state index in [9.17, 15) is 0 Å². The molecule has 0 spiro atoms. The smallest absolute Gasteiger partial charge is 0.158 e. The monoisotopic (exact) mass is 268 g/mol. The van der Waals surface area contributed by atoms with E-state index in [2.05, 4.69) is 29.1 Å². The van der Waals surface area contributed by atoms with Crippen LogP contribution in [0.25, 0.3) is 0 Å². The van der Waals surface area contributed by atoms with E-state index in [-0.39, 0.29) is 0 Å². The lowest BCUT2D eigenvalue weighted by Crippen LogP contribution is -2.14. The van der Waals surface area contributed by atoms with Crippen LogP contribution in [0.3, 0.4) is 0 Å². The van der Waals surface area contributed by atoms with E-state index in [0.717, 1.165) is 6.61 Å². The number of nitrogen functional groups attached to an aromatic ring is 1. The topological polar surface area (TPSA) is 82.3 Å². The van der Waals surface area contributed by atoms with Crippen LogP contribution in [0, 0.1) is 5.92 Å². The lowest BCUT2D eigenvalue weighted by Gasteiger charge is -2.10. The van der Waals surface area contributed by atoms with E-state index in [1.165, 1.54) is 0 Å². The number of ether oxygens (including phenoxy) is 2. The van der Waals surface area contributed by atoms with Crippen LogP contribution in [-0.2, 0) is 16.1 Å². The van der Waals surface area contributed by atoms with Crippen LogP contribution in [0.2, 0.25) is 0 Å². The second-order valence-electron chi connectivity index (χ2n) is 4.63. The lowest BCUT2D eigenvalue weighted by molar-refractivity contribution is 0.118. The van der Waals surface area contributed by atoms with Crippen molar-refractivity contribution < 1.29 is 9.47 Å². The molecule has 0 aliphatic heterocycles. The summed E-state index contributed by atoms with van der Waals surface area (Å²) in [4.78, 5) is 8.43. The van der Waals surface area contributed by atoms with Gasteiger partial charge in [0.05, 0.1) is 6.61 Å². The highest BCUT2D eigenvalue weighted by molar-refractivity contribution is 5.44. The predicted molar refractivity (Wildman–Crippen MR) is 75.9 cm³/mol. The maximum absolute atomic E-state index is 5.72. The molecular formula is C13H24N4O2. The van der Waals surface area contributed by atoms with Gasteiger partial charge < -0.3 is 20.5 Å². The molecule has 0 fully saturated rings. The molecule has 1 rings (SSSR count). The second kappa shape index (κ2) is 8.66. The Morgan fingerprint density at radius 2 is 2.11 bits per heavy atom. The Morgan fingerprint density at radius 1 is 1.32 bits per heavy atom. The fraction of sp³-hybridized carbons (Fsp3) is 0.692. The van der Waals surface area contributed by atoms with Crippen LogP contribution in [0.1, 0.15) is 26.6 Å². The van der Waals surface area contributed by atoms with Gasteiger partial charge in [-0.2, -0.15) is 0 Å². The van der Waals surface area contributed by atoms with Crippen molar-refractivity contribution in [1.29, 1.82) is 0 Å². The molecule has 0 aromatic carbocycles. The summed E-state index contributed by atoms with van der Waals surface area (Å²) in [6.07, 6.45) is 0. The standard InChI is InChI=1S/C13H24N4O2/c1-4-18-9-13-16-11(14)7-12(17-13)15-5-6-19-8-10(2)3/h7,10H,4-6,8-9H2,1-3H3,(H3,14,15,16,17). The minimum atomic E-state index is 0.375. The highest BCUT2D eigenvalue weighted by Gasteiger charge is 2.02. The van der Waals surface area contributed by atoms with Gasteiger partial charge in [0.1, 0.15) is 18.2 Å². The molecule has 0 saturated heterocycles. The van der Waals surface area contributed by atoms with Gasteiger partial charge in [-0.1, -0.05) is 13.8 Å². The third-order valence-corrected chi connectivity index (χ3v) is 2.23. The number of aromatic nitrogens is 2. The largest absolute Gasteiger partial charge is 0.384 e. The summed E-state index contributed by atoms with van der Waals surface area (Å²) < 4.78 is 10.7. The van der Waals surface area contributed by atoms with Crippen LogP contribution in [0.5, 0.6) is 0 Å². The summed E-state index contributed by atoms with van der Waals surface area (Å²) in [6.45, 7) is 9.28. The van der Waals surface area contributed by atoms with Gasteiger partial charge in [0.25, 0.3) is 0 Å². The predicted octanol–water partition coefficient (Wildman–Crippen LogP) is 1.68. The highest BCUT2D eigenvalue weighted by atomic mass is 16.5. The second-order valence-corrected chi connectivity index (χ2v) is 4.63. The quantitative estimate of drug-likeness (QED) is 0.663. The van der Waals surface area contributed by atoms with Crippen molar-refractivity contribution in [2.24, 2.45) is 5.92 Å². The fourth-order valence-electron chi connectivity index (χ4n) is 1.44. The van der Waals surface area contributed by atoms with Crippen LogP contribution in [0.4, 0.5) is 11.6 Å². The first-order valence-corrected chi connectivity index (χ1v) is 6.64. The van der Waals surface area contributed by atoms with E-state index in [0.29, 0.717) is 49.7 Å². The average molecular weight is 268 g/mol. The Bertz CT molecular complexity index is 372. The summed E-state index contributed by atoms with van der Waals surface area (Å²) >= 11 is 0. The van der Waals surface area contributed by atoms with Crippen molar-refractivity contribution in [3.05, 3.63) is 11.9 Å². The molecule has 1 aromatic heterocycles. The van der Waals surface area contributed by atoms with E-state index in [1.807, 2.05) is 6.92 Å². The van der Waals surface area contributed by atoms with Crippen molar-refractivity contribution in [2.45, 2.75) is 27.4 Å². The number of anilines is 2. The van der Waals surface area contributed by atoms with Crippen LogP contribution < -0.4 is 11.1 Å². The van der Waals surface area contributed by atoms with E-state index in [1.54, 1.807) is 6.07 Å². The number of nitrogens with one attached hydrogen (secondary N) is 1. The normalized spacial score (nSPS) is 10.9. The van der Waals surface area contributed by atoms with Gasteiger partial charge in [-0.15, -0.1) is 0 Å². The van der Waals surface area contributed by atoms with E-state index >= 15 is 0 Å². The Balaban J connectivity index is 2.38. The molecule has 1 aromatic rings. The van der Waals surface area contributed by atoms with Gasteiger partial charge in [0, 0.05) is 25.8 Å². The highest BCUT2D eigenvalue weighted by Crippen LogP contribution is 2.08. The fourth-order valence-corrected chi connectivity index (χ4v) is 1.44. The van der Waals surface area contributed by atoms with Gasteiger partial charge in [-0.25, -0.2) is 9.97 Å². The zero-order valence-electron chi connectivity index (χ0n) is 12.0. The first-order valence-electron chi connectivity index (χ1n) is 6.64. The third-order valence-electron chi connectivity index (χ3n) is 2.23. The minimum Gasteiger partial charge on any atom is -0.384 e. The Morgan fingerprint density at radius 3 is 2.79 bits per heavy atom. The van der Waals surface area contributed by atoms with Crippen molar-refractivity contribution >= 4 is 11.6 Å². The molecule has 0 saturated carbocycles. The van der Waals surface area contributed by atoms with Crippen molar-refractivity contribution in [3.63, 3.8) is 0 Å². The Labute approximate surface area is 114 Å². The van der Waals surface area contributed by atoms with Crippen molar-refractivity contribution in [2.75, 3.05) is 37.4 Å². The first kappa shape index (κ1) is 15.7. The molecule has 19 heavy (non-hydrogen) atoms. The molecule has 6 nitrogen and oxygen atoms in total. The summed E-state index contributed by atoms with van der Waals surface area (Å²) in [7, 11) is 0. The third kappa shape index (κ3) is 6.93. The number of nitrogens with zero attached hydrogens (tertiary/aromatic N) is 2. The Kier molecular flexibility index (Phi) is 7.14. The molecule has 3 N–H and O–H groups in total. The Hall–Kier alpha value is -1.40. The number of nitrogens with two attached hydrogens (primary N) is 1. The zero-order valence-corrected chi connectivity index (χ0v) is 12.0. The van der Waals surface area contributed by atoms with Gasteiger partial charge in [-0.3, -0.25) is 0 Å². The first-order chi connectivity index (χ1) is 9.11. The van der Waals surface area contributed by atoms with E-state index in [4.69, 9.17) is 15.2 Å². The summed E-state index contributed by atoms with van der Waals surface area (Å²) in [6, 6.07) is 1.71. The molecule has 0 bridgehead atoms.